The van der Waals surface area contributed by atoms with Gasteiger partial charge in [-0.3, -0.25) is 4.90 Å². The van der Waals surface area contributed by atoms with E-state index in [1.165, 1.54) is 11.3 Å². The van der Waals surface area contributed by atoms with Crippen molar-refractivity contribution in [1.82, 2.24) is 4.90 Å². The zero-order chi connectivity index (χ0) is 13.7. The van der Waals surface area contributed by atoms with E-state index in [-0.39, 0.29) is 0 Å². The van der Waals surface area contributed by atoms with Crippen molar-refractivity contribution in [2.45, 2.75) is 20.4 Å². The summed E-state index contributed by atoms with van der Waals surface area (Å²) in [5.41, 5.74) is 2.76. The van der Waals surface area contributed by atoms with Gasteiger partial charge in [0.25, 0.3) is 0 Å². The summed E-state index contributed by atoms with van der Waals surface area (Å²) in [5, 5.41) is 0. The number of hydrogen-bond acceptors (Lipinski definition) is 3. The maximum absolute atomic E-state index is 5.45. The zero-order valence-electron chi connectivity index (χ0n) is 11.9. The fraction of sp³-hybridized carbons (Fsp3) is 0.600. The quantitative estimate of drug-likeness (QED) is 0.826. The third kappa shape index (κ3) is 3.94. The second-order valence-corrected chi connectivity index (χ2v) is 5.75. The average Bonchev–Trinajstić information content (AvgIpc) is 2.47. The van der Waals surface area contributed by atoms with Crippen LogP contribution in [0.3, 0.4) is 0 Å². The summed E-state index contributed by atoms with van der Waals surface area (Å²) in [6.07, 6.45) is 0. The minimum absolute atomic E-state index is 0.831. The lowest BCUT2D eigenvalue weighted by atomic mass is 10.1. The summed E-state index contributed by atoms with van der Waals surface area (Å²) < 4.78 is 6.60. The monoisotopic (exact) mass is 326 g/mol. The van der Waals surface area contributed by atoms with E-state index >= 15 is 0 Å². The minimum Gasteiger partial charge on any atom is -0.378 e. The van der Waals surface area contributed by atoms with Gasteiger partial charge in [-0.05, 0) is 30.8 Å². The fourth-order valence-electron chi connectivity index (χ4n) is 2.46. The third-order valence-corrected chi connectivity index (χ3v) is 4.18. The Balaban J connectivity index is 2.21. The first-order chi connectivity index (χ1) is 9.24. The number of hydrogen-bond donors (Lipinski definition) is 0. The second-order valence-electron chi connectivity index (χ2n) is 4.83. The van der Waals surface area contributed by atoms with Gasteiger partial charge in [-0.1, -0.05) is 35.8 Å². The summed E-state index contributed by atoms with van der Waals surface area (Å²) in [6, 6.07) is 6.63. The molecule has 0 radical (unpaired) electrons. The van der Waals surface area contributed by atoms with Crippen LogP contribution in [0, 0.1) is 0 Å². The van der Waals surface area contributed by atoms with Gasteiger partial charge in [-0.25, -0.2) is 0 Å². The lowest BCUT2D eigenvalue weighted by Crippen LogP contribution is -2.37. The van der Waals surface area contributed by atoms with E-state index in [0.29, 0.717) is 0 Å². The molecule has 1 aliphatic heterocycles. The Bertz CT molecular complexity index is 401. The van der Waals surface area contributed by atoms with Crippen LogP contribution < -0.4 is 4.90 Å². The molecule has 2 rings (SSSR count). The molecule has 0 bridgehead atoms. The Kier molecular flexibility index (Phi) is 5.67. The molecule has 0 saturated carbocycles. The predicted molar refractivity (Wildman–Crippen MR) is 83.8 cm³/mol. The number of anilines is 1. The van der Waals surface area contributed by atoms with Gasteiger partial charge in [0.2, 0.25) is 0 Å². The van der Waals surface area contributed by atoms with Crippen molar-refractivity contribution in [3.8, 4) is 0 Å². The molecular weight excluding hydrogens is 304 g/mol. The topological polar surface area (TPSA) is 15.7 Å². The highest BCUT2D eigenvalue weighted by molar-refractivity contribution is 9.10. The molecule has 1 saturated heterocycles. The van der Waals surface area contributed by atoms with Crippen LogP contribution in [0.1, 0.15) is 19.4 Å². The number of halogens is 1. The largest absolute Gasteiger partial charge is 0.378 e. The van der Waals surface area contributed by atoms with E-state index in [9.17, 15) is 0 Å². The van der Waals surface area contributed by atoms with Crippen molar-refractivity contribution < 1.29 is 4.74 Å². The van der Waals surface area contributed by atoms with Gasteiger partial charge in [0, 0.05) is 29.8 Å². The van der Waals surface area contributed by atoms with Gasteiger partial charge in [0.05, 0.1) is 13.2 Å². The summed E-state index contributed by atoms with van der Waals surface area (Å²) in [4.78, 5) is 4.89. The molecule has 1 fully saturated rings. The molecule has 1 heterocycles. The van der Waals surface area contributed by atoms with Gasteiger partial charge in [0.15, 0.2) is 0 Å². The van der Waals surface area contributed by atoms with E-state index in [4.69, 9.17) is 4.74 Å². The maximum Gasteiger partial charge on any atom is 0.0642 e. The molecule has 1 aromatic rings. The van der Waals surface area contributed by atoms with E-state index in [2.05, 4.69) is 57.8 Å². The Morgan fingerprint density at radius 3 is 2.53 bits per heavy atom. The lowest BCUT2D eigenvalue weighted by Gasteiger charge is -2.32. The van der Waals surface area contributed by atoms with Crippen molar-refractivity contribution >= 4 is 21.6 Å². The molecule has 0 amide bonds. The predicted octanol–water partition coefficient (Wildman–Crippen LogP) is 3.13. The summed E-state index contributed by atoms with van der Waals surface area (Å²) in [5.74, 6) is 0. The van der Waals surface area contributed by atoms with Crippen LogP contribution >= 0.6 is 15.9 Å². The molecule has 3 nitrogen and oxygen atoms in total. The number of rotatable bonds is 5. The van der Waals surface area contributed by atoms with Crippen LogP contribution in [0.2, 0.25) is 0 Å². The first-order valence-corrected chi connectivity index (χ1v) is 7.87. The van der Waals surface area contributed by atoms with Crippen LogP contribution in [0.15, 0.2) is 22.7 Å². The second kappa shape index (κ2) is 7.27. The highest BCUT2D eigenvalue weighted by atomic mass is 79.9. The van der Waals surface area contributed by atoms with Crippen LogP contribution in [0.25, 0.3) is 0 Å². The minimum atomic E-state index is 0.831. The molecule has 19 heavy (non-hydrogen) atoms. The molecule has 0 spiro atoms. The SMILES string of the molecule is CCN(CC)Cc1ccc(Br)cc1N1CCOCC1. The van der Waals surface area contributed by atoms with Crippen LogP contribution in [0.5, 0.6) is 0 Å². The maximum atomic E-state index is 5.45. The number of morpholine rings is 1. The first-order valence-electron chi connectivity index (χ1n) is 7.08. The van der Waals surface area contributed by atoms with E-state index in [1.807, 2.05) is 0 Å². The highest BCUT2D eigenvalue weighted by Crippen LogP contribution is 2.27. The van der Waals surface area contributed by atoms with Crippen molar-refractivity contribution in [2.24, 2.45) is 0 Å². The number of ether oxygens (including phenoxy) is 1. The van der Waals surface area contributed by atoms with Gasteiger partial charge in [-0.2, -0.15) is 0 Å². The van der Waals surface area contributed by atoms with E-state index < -0.39 is 0 Å². The third-order valence-electron chi connectivity index (χ3n) is 3.69. The smallest absolute Gasteiger partial charge is 0.0642 e. The fourth-order valence-corrected chi connectivity index (χ4v) is 2.81. The Morgan fingerprint density at radius 2 is 1.89 bits per heavy atom. The van der Waals surface area contributed by atoms with Crippen molar-refractivity contribution in [1.29, 1.82) is 0 Å². The standard InChI is InChI=1S/C15H23BrN2O/c1-3-17(4-2)12-13-5-6-14(16)11-15(13)18-7-9-19-10-8-18/h5-6,11H,3-4,7-10,12H2,1-2H3. The average molecular weight is 327 g/mol. The van der Waals surface area contributed by atoms with E-state index in [0.717, 1.165) is 50.4 Å². The van der Waals surface area contributed by atoms with E-state index in [1.54, 1.807) is 0 Å². The van der Waals surface area contributed by atoms with Crippen molar-refractivity contribution in [3.63, 3.8) is 0 Å². The molecule has 106 valence electrons. The van der Waals surface area contributed by atoms with Crippen LogP contribution in [0.4, 0.5) is 5.69 Å². The normalized spacial score (nSPS) is 16.1. The molecule has 4 heteroatoms. The molecule has 0 aromatic heterocycles. The summed E-state index contributed by atoms with van der Waals surface area (Å²) in [6.45, 7) is 11.3. The van der Waals surface area contributed by atoms with Crippen molar-refractivity contribution in [3.05, 3.63) is 28.2 Å². The van der Waals surface area contributed by atoms with Gasteiger partial charge < -0.3 is 9.64 Å². The molecule has 0 aliphatic carbocycles. The summed E-state index contributed by atoms with van der Waals surface area (Å²) >= 11 is 3.59. The Morgan fingerprint density at radius 1 is 1.21 bits per heavy atom. The molecule has 1 aliphatic rings. The van der Waals surface area contributed by atoms with Crippen LogP contribution in [-0.2, 0) is 11.3 Å². The molecule has 1 aromatic carbocycles. The molecule has 0 atom stereocenters. The lowest BCUT2D eigenvalue weighted by molar-refractivity contribution is 0.122. The Hall–Kier alpha value is -0.580. The number of nitrogens with zero attached hydrogens (tertiary/aromatic N) is 2. The van der Waals surface area contributed by atoms with Crippen LogP contribution in [-0.4, -0.2) is 44.3 Å². The molecular formula is C15H23BrN2O. The van der Waals surface area contributed by atoms with Gasteiger partial charge in [0.1, 0.15) is 0 Å². The van der Waals surface area contributed by atoms with Gasteiger partial charge >= 0.3 is 0 Å². The zero-order valence-corrected chi connectivity index (χ0v) is 13.4. The highest BCUT2D eigenvalue weighted by Gasteiger charge is 2.16. The van der Waals surface area contributed by atoms with Crippen molar-refractivity contribution in [2.75, 3.05) is 44.3 Å². The number of benzene rings is 1. The first kappa shape index (κ1) is 14.8. The summed E-state index contributed by atoms with van der Waals surface area (Å²) in [7, 11) is 0. The molecule has 0 N–H and O–H groups in total. The molecule has 0 unspecified atom stereocenters. The van der Waals surface area contributed by atoms with Gasteiger partial charge in [-0.15, -0.1) is 0 Å². The Labute approximate surface area is 124 Å².